The fourth-order valence-corrected chi connectivity index (χ4v) is 2.58. The van der Waals surface area contributed by atoms with Crippen molar-refractivity contribution in [1.29, 1.82) is 0 Å². The zero-order valence-electron chi connectivity index (χ0n) is 13.1. The van der Waals surface area contributed by atoms with Crippen molar-refractivity contribution in [2.45, 2.75) is 51.2 Å². The lowest BCUT2D eigenvalue weighted by Gasteiger charge is -2.11. The molecule has 1 aromatic rings. The molecule has 0 saturated carbocycles. The molecule has 0 amide bonds. The smallest absolute Gasteiger partial charge is 0.338 e. The van der Waals surface area contributed by atoms with Crippen LogP contribution in [0.15, 0.2) is 24.3 Å². The molecular formula is C17H24O4. The quantitative estimate of drug-likeness (QED) is 0.418. The van der Waals surface area contributed by atoms with Gasteiger partial charge in [0.2, 0.25) is 0 Å². The molecule has 0 bridgehead atoms. The van der Waals surface area contributed by atoms with Gasteiger partial charge in [-0.25, -0.2) is 4.79 Å². The lowest BCUT2D eigenvalue weighted by molar-refractivity contribution is -0.145. The van der Waals surface area contributed by atoms with Gasteiger partial charge in [0.15, 0.2) is 6.10 Å². The predicted octanol–water partition coefficient (Wildman–Crippen LogP) is 3.43. The molecule has 116 valence electrons. The van der Waals surface area contributed by atoms with Crippen molar-refractivity contribution in [3.05, 3.63) is 29.8 Å². The van der Waals surface area contributed by atoms with E-state index < -0.39 is 11.7 Å². The van der Waals surface area contributed by atoms with Gasteiger partial charge in [0.25, 0.3) is 0 Å². The largest absolute Gasteiger partial charge is 0.497 e. The van der Waals surface area contributed by atoms with Crippen LogP contribution in [0.25, 0.3) is 0 Å². The van der Waals surface area contributed by atoms with Gasteiger partial charge in [0.1, 0.15) is 11.4 Å². The summed E-state index contributed by atoms with van der Waals surface area (Å²) in [6.07, 6.45) is 3.38. The van der Waals surface area contributed by atoms with Gasteiger partial charge < -0.3 is 14.2 Å². The van der Waals surface area contributed by atoms with E-state index in [2.05, 4.69) is 6.92 Å². The Morgan fingerprint density at radius 3 is 2.52 bits per heavy atom. The van der Waals surface area contributed by atoms with Crippen LogP contribution in [0.1, 0.15) is 45.1 Å². The summed E-state index contributed by atoms with van der Waals surface area (Å²) >= 11 is 0. The molecule has 2 atom stereocenters. The Morgan fingerprint density at radius 2 is 1.95 bits per heavy atom. The van der Waals surface area contributed by atoms with Gasteiger partial charge in [-0.1, -0.05) is 38.8 Å². The Kier molecular flexibility index (Phi) is 5.23. The van der Waals surface area contributed by atoms with Crippen molar-refractivity contribution < 1.29 is 19.0 Å². The molecule has 2 rings (SSSR count). The maximum atomic E-state index is 12.1. The summed E-state index contributed by atoms with van der Waals surface area (Å²) in [4.78, 5) is 12.1. The van der Waals surface area contributed by atoms with Crippen LogP contribution in [-0.4, -0.2) is 25.8 Å². The SMILES string of the molecule is CCCCCOC(=O)C1OC1(CC)c1ccc(OC)cc1. The van der Waals surface area contributed by atoms with E-state index in [9.17, 15) is 4.79 Å². The van der Waals surface area contributed by atoms with Gasteiger partial charge in [0.05, 0.1) is 13.7 Å². The summed E-state index contributed by atoms with van der Waals surface area (Å²) in [7, 11) is 1.63. The van der Waals surface area contributed by atoms with Crippen LogP contribution in [0.2, 0.25) is 0 Å². The second-order valence-electron chi connectivity index (χ2n) is 5.34. The minimum atomic E-state index is -0.520. The molecule has 0 aromatic heterocycles. The molecule has 1 aliphatic rings. The molecule has 1 aromatic carbocycles. The Morgan fingerprint density at radius 1 is 1.24 bits per heavy atom. The van der Waals surface area contributed by atoms with E-state index in [1.807, 2.05) is 31.2 Å². The highest BCUT2D eigenvalue weighted by Gasteiger charge is 2.61. The van der Waals surface area contributed by atoms with E-state index in [4.69, 9.17) is 14.2 Å². The number of benzene rings is 1. The van der Waals surface area contributed by atoms with Crippen molar-refractivity contribution in [3.63, 3.8) is 0 Å². The molecule has 21 heavy (non-hydrogen) atoms. The third-order valence-electron chi connectivity index (χ3n) is 4.00. The van der Waals surface area contributed by atoms with Gasteiger partial charge in [-0.05, 0) is 30.5 Å². The van der Waals surface area contributed by atoms with Crippen LogP contribution >= 0.6 is 0 Å². The first-order valence-corrected chi connectivity index (χ1v) is 7.67. The number of hydrogen-bond donors (Lipinski definition) is 0. The zero-order chi connectivity index (χ0) is 15.3. The standard InChI is InChI=1S/C17H24O4/c1-4-6-7-12-20-16(18)15-17(5-2,21-15)13-8-10-14(19-3)11-9-13/h8-11,15H,4-7,12H2,1-3H3. The predicted molar refractivity (Wildman–Crippen MR) is 80.3 cm³/mol. The number of ether oxygens (including phenoxy) is 3. The topological polar surface area (TPSA) is 48.1 Å². The lowest BCUT2D eigenvalue weighted by Crippen LogP contribution is -2.21. The molecule has 4 heteroatoms. The number of unbranched alkanes of at least 4 members (excludes halogenated alkanes) is 2. The van der Waals surface area contributed by atoms with Gasteiger partial charge in [-0.15, -0.1) is 0 Å². The summed E-state index contributed by atoms with van der Waals surface area (Å²) in [5.41, 5.74) is 0.481. The molecule has 0 radical (unpaired) electrons. The maximum absolute atomic E-state index is 12.1. The first-order valence-electron chi connectivity index (χ1n) is 7.67. The molecule has 1 fully saturated rings. The van der Waals surface area contributed by atoms with Gasteiger partial charge >= 0.3 is 5.97 Å². The fourth-order valence-electron chi connectivity index (χ4n) is 2.58. The number of rotatable bonds is 8. The summed E-state index contributed by atoms with van der Waals surface area (Å²) in [5.74, 6) is 0.549. The van der Waals surface area contributed by atoms with Gasteiger partial charge in [-0.2, -0.15) is 0 Å². The summed E-state index contributed by atoms with van der Waals surface area (Å²) in [6.45, 7) is 4.63. The molecule has 1 saturated heterocycles. The van der Waals surface area contributed by atoms with Crippen molar-refractivity contribution in [1.82, 2.24) is 0 Å². The van der Waals surface area contributed by atoms with E-state index in [1.54, 1.807) is 7.11 Å². The number of hydrogen-bond acceptors (Lipinski definition) is 4. The molecule has 0 N–H and O–H groups in total. The minimum absolute atomic E-state index is 0.247. The summed E-state index contributed by atoms with van der Waals surface area (Å²) in [5, 5.41) is 0. The highest BCUT2D eigenvalue weighted by Crippen LogP contribution is 2.49. The lowest BCUT2D eigenvalue weighted by atomic mass is 9.92. The molecular weight excluding hydrogens is 268 g/mol. The van der Waals surface area contributed by atoms with E-state index in [1.165, 1.54) is 0 Å². The highest BCUT2D eigenvalue weighted by molar-refractivity contribution is 5.80. The van der Waals surface area contributed by atoms with Crippen molar-refractivity contribution >= 4 is 5.97 Å². The number of methoxy groups -OCH3 is 1. The summed E-state index contributed by atoms with van der Waals surface area (Å²) < 4.78 is 16.2. The number of esters is 1. The van der Waals surface area contributed by atoms with Crippen LogP contribution in [0.3, 0.4) is 0 Å². The zero-order valence-corrected chi connectivity index (χ0v) is 13.1. The Hall–Kier alpha value is -1.55. The average molecular weight is 292 g/mol. The molecule has 2 unspecified atom stereocenters. The molecule has 0 spiro atoms. The van der Waals surface area contributed by atoms with Gasteiger partial charge in [-0.3, -0.25) is 0 Å². The van der Waals surface area contributed by atoms with Gasteiger partial charge in [0, 0.05) is 0 Å². The first kappa shape index (κ1) is 15.8. The maximum Gasteiger partial charge on any atom is 0.338 e. The van der Waals surface area contributed by atoms with E-state index in [0.29, 0.717) is 6.61 Å². The molecule has 1 aliphatic heterocycles. The van der Waals surface area contributed by atoms with Crippen molar-refractivity contribution in [2.24, 2.45) is 0 Å². The minimum Gasteiger partial charge on any atom is -0.497 e. The summed E-state index contributed by atoms with van der Waals surface area (Å²) in [6, 6.07) is 7.68. The van der Waals surface area contributed by atoms with Crippen molar-refractivity contribution in [3.8, 4) is 5.75 Å². The van der Waals surface area contributed by atoms with E-state index >= 15 is 0 Å². The number of carbonyl (C=O) groups excluding carboxylic acids is 1. The van der Waals surface area contributed by atoms with E-state index in [-0.39, 0.29) is 5.97 Å². The van der Waals surface area contributed by atoms with Crippen LogP contribution in [0, 0.1) is 0 Å². The highest BCUT2D eigenvalue weighted by atomic mass is 16.7. The van der Waals surface area contributed by atoms with Crippen LogP contribution < -0.4 is 4.74 Å². The van der Waals surface area contributed by atoms with Crippen LogP contribution in [0.5, 0.6) is 5.75 Å². The molecule has 1 heterocycles. The third-order valence-corrected chi connectivity index (χ3v) is 4.00. The van der Waals surface area contributed by atoms with Crippen LogP contribution in [-0.2, 0) is 19.9 Å². The average Bonchev–Trinajstić information content (AvgIpc) is 3.28. The molecule has 0 aliphatic carbocycles. The van der Waals surface area contributed by atoms with Crippen LogP contribution in [0.4, 0.5) is 0 Å². The second-order valence-corrected chi connectivity index (χ2v) is 5.34. The fraction of sp³-hybridized carbons (Fsp3) is 0.588. The third kappa shape index (κ3) is 3.38. The monoisotopic (exact) mass is 292 g/mol. The number of carbonyl (C=O) groups is 1. The normalized spacial score (nSPS) is 23.7. The first-order chi connectivity index (χ1) is 10.2. The van der Waals surface area contributed by atoms with Crippen molar-refractivity contribution in [2.75, 3.05) is 13.7 Å². The second kappa shape index (κ2) is 6.94. The van der Waals surface area contributed by atoms with E-state index in [0.717, 1.165) is 37.0 Å². The Labute approximate surface area is 126 Å². The Bertz CT molecular complexity index is 468. The Balaban J connectivity index is 1.96. The molecule has 4 nitrogen and oxygen atoms in total. The number of epoxide rings is 1.